The molecule has 0 radical (unpaired) electrons. The van der Waals surface area contributed by atoms with E-state index in [1.54, 1.807) is 12.1 Å². The molecule has 0 heterocycles. The van der Waals surface area contributed by atoms with Crippen molar-refractivity contribution in [2.75, 3.05) is 18.0 Å². The quantitative estimate of drug-likeness (QED) is 0.696. The van der Waals surface area contributed by atoms with Crippen LogP contribution < -0.4 is 4.90 Å². The van der Waals surface area contributed by atoms with E-state index in [2.05, 4.69) is 15.9 Å². The van der Waals surface area contributed by atoms with Crippen molar-refractivity contribution in [2.24, 2.45) is 5.92 Å². The van der Waals surface area contributed by atoms with E-state index in [0.29, 0.717) is 29.0 Å². The smallest absolute Gasteiger partial charge is 0.371 e. The maximum Gasteiger partial charge on any atom is 0.418 e. The molecule has 0 unspecified atom stereocenters. The summed E-state index contributed by atoms with van der Waals surface area (Å²) >= 11 is 3.21. The molecule has 0 aromatic heterocycles. The summed E-state index contributed by atoms with van der Waals surface area (Å²) < 4.78 is 39.5. The molecular weight excluding hydrogens is 319 g/mol. The first-order valence-electron chi connectivity index (χ1n) is 6.46. The molecule has 1 nitrogen and oxygen atoms in total. The molecule has 0 spiro atoms. The lowest BCUT2D eigenvalue weighted by atomic mass is 10.1. The first-order chi connectivity index (χ1) is 8.95. The van der Waals surface area contributed by atoms with Crippen molar-refractivity contribution in [3.05, 3.63) is 29.3 Å². The zero-order chi connectivity index (χ0) is 14.0. The van der Waals surface area contributed by atoms with Gasteiger partial charge < -0.3 is 4.90 Å². The Morgan fingerprint density at radius 1 is 1.32 bits per heavy atom. The maximum atomic E-state index is 13.2. The third-order valence-corrected chi connectivity index (χ3v) is 4.07. The molecular formula is C14H17BrF3N. The van der Waals surface area contributed by atoms with Gasteiger partial charge in [0.15, 0.2) is 0 Å². The summed E-state index contributed by atoms with van der Waals surface area (Å²) in [5, 5.41) is 0.436. The Hall–Kier alpha value is -0.710. The van der Waals surface area contributed by atoms with Gasteiger partial charge in [0, 0.05) is 24.1 Å². The number of hydrogen-bond acceptors (Lipinski definition) is 1. The molecule has 0 amide bonds. The standard InChI is InChI=1S/C14H17BrF3N/c1-2-19(9-10-3-4-10)13-6-5-11(8-15)7-12(13)14(16,17)18/h5-7,10H,2-4,8-9H2,1H3. The molecule has 19 heavy (non-hydrogen) atoms. The van der Waals surface area contributed by atoms with Crippen molar-refractivity contribution in [3.8, 4) is 0 Å². The van der Waals surface area contributed by atoms with Gasteiger partial charge in [0.25, 0.3) is 0 Å². The largest absolute Gasteiger partial charge is 0.418 e. The van der Waals surface area contributed by atoms with Crippen LogP contribution in [0.3, 0.4) is 0 Å². The summed E-state index contributed by atoms with van der Waals surface area (Å²) in [6.45, 7) is 3.24. The van der Waals surface area contributed by atoms with Crippen molar-refractivity contribution >= 4 is 21.6 Å². The highest BCUT2D eigenvalue weighted by atomic mass is 79.9. The van der Waals surface area contributed by atoms with Gasteiger partial charge in [0.1, 0.15) is 0 Å². The predicted octanol–water partition coefficient (Wildman–Crippen LogP) is 4.84. The molecule has 1 fully saturated rings. The van der Waals surface area contributed by atoms with Crippen LogP contribution in [0.25, 0.3) is 0 Å². The van der Waals surface area contributed by atoms with Crippen LogP contribution in [0.1, 0.15) is 30.9 Å². The second-order valence-electron chi connectivity index (χ2n) is 4.96. The lowest BCUT2D eigenvalue weighted by molar-refractivity contribution is -0.137. The van der Waals surface area contributed by atoms with Crippen LogP contribution in [-0.4, -0.2) is 13.1 Å². The molecule has 1 saturated carbocycles. The van der Waals surface area contributed by atoms with Crippen molar-refractivity contribution in [3.63, 3.8) is 0 Å². The van der Waals surface area contributed by atoms with Crippen LogP contribution in [0, 0.1) is 5.92 Å². The average Bonchev–Trinajstić information content (AvgIpc) is 3.18. The predicted molar refractivity (Wildman–Crippen MR) is 74.7 cm³/mol. The number of nitrogens with zero attached hydrogens (tertiary/aromatic N) is 1. The first kappa shape index (κ1) is 14.7. The van der Waals surface area contributed by atoms with Crippen LogP contribution in [-0.2, 0) is 11.5 Å². The van der Waals surface area contributed by atoms with E-state index in [0.717, 1.165) is 19.4 Å². The minimum absolute atomic E-state index is 0.312. The molecule has 0 aliphatic heterocycles. The summed E-state index contributed by atoms with van der Waals surface area (Å²) in [7, 11) is 0. The molecule has 5 heteroatoms. The molecule has 1 aliphatic carbocycles. The summed E-state index contributed by atoms with van der Waals surface area (Å²) in [6, 6.07) is 4.61. The van der Waals surface area contributed by atoms with Gasteiger partial charge in [0.05, 0.1) is 5.56 Å². The Balaban J connectivity index is 2.35. The number of halogens is 4. The third-order valence-electron chi connectivity index (χ3n) is 3.42. The van der Waals surface area contributed by atoms with Crippen LogP contribution >= 0.6 is 15.9 Å². The van der Waals surface area contributed by atoms with Gasteiger partial charge >= 0.3 is 6.18 Å². The average molecular weight is 336 g/mol. The van der Waals surface area contributed by atoms with Gasteiger partial charge in [-0.05, 0) is 43.4 Å². The first-order valence-corrected chi connectivity index (χ1v) is 7.59. The number of benzene rings is 1. The summed E-state index contributed by atoms with van der Waals surface area (Å²) in [6.07, 6.45) is -2.03. The fraction of sp³-hybridized carbons (Fsp3) is 0.571. The lowest BCUT2D eigenvalue weighted by Gasteiger charge is -2.27. The zero-order valence-electron chi connectivity index (χ0n) is 10.8. The molecule has 106 valence electrons. The summed E-state index contributed by atoms with van der Waals surface area (Å²) in [5.41, 5.74) is 0.442. The number of hydrogen-bond donors (Lipinski definition) is 0. The van der Waals surface area contributed by atoms with E-state index in [-0.39, 0.29) is 0 Å². The van der Waals surface area contributed by atoms with Gasteiger partial charge in [-0.3, -0.25) is 0 Å². The molecule has 0 atom stereocenters. The SMILES string of the molecule is CCN(CC1CC1)c1ccc(CBr)cc1C(F)(F)F. The second-order valence-corrected chi connectivity index (χ2v) is 5.53. The topological polar surface area (TPSA) is 3.24 Å². The normalized spacial score (nSPS) is 15.6. The van der Waals surface area contributed by atoms with Gasteiger partial charge in [-0.1, -0.05) is 22.0 Å². The van der Waals surface area contributed by atoms with E-state index in [1.807, 2.05) is 11.8 Å². The Morgan fingerprint density at radius 2 is 2.00 bits per heavy atom. The zero-order valence-corrected chi connectivity index (χ0v) is 12.4. The number of anilines is 1. The van der Waals surface area contributed by atoms with Crippen molar-refractivity contribution in [1.82, 2.24) is 0 Å². The molecule has 0 saturated heterocycles. The minimum atomic E-state index is -4.30. The fourth-order valence-corrected chi connectivity index (χ4v) is 2.53. The van der Waals surface area contributed by atoms with E-state index in [9.17, 15) is 13.2 Å². The van der Waals surface area contributed by atoms with E-state index in [1.165, 1.54) is 6.07 Å². The third kappa shape index (κ3) is 3.65. The van der Waals surface area contributed by atoms with Gasteiger partial charge in [-0.15, -0.1) is 0 Å². The molecule has 0 N–H and O–H groups in total. The van der Waals surface area contributed by atoms with Crippen LogP contribution in [0.4, 0.5) is 18.9 Å². The lowest BCUT2D eigenvalue weighted by Crippen LogP contribution is -2.28. The van der Waals surface area contributed by atoms with Crippen LogP contribution in [0.2, 0.25) is 0 Å². The van der Waals surface area contributed by atoms with Gasteiger partial charge in [0.2, 0.25) is 0 Å². The summed E-state index contributed by atoms with van der Waals surface area (Å²) in [4.78, 5) is 1.85. The molecule has 1 aliphatic rings. The Morgan fingerprint density at radius 3 is 2.47 bits per heavy atom. The highest BCUT2D eigenvalue weighted by Gasteiger charge is 2.36. The van der Waals surface area contributed by atoms with E-state index >= 15 is 0 Å². The molecule has 0 bridgehead atoms. The van der Waals surface area contributed by atoms with Crippen molar-refractivity contribution in [1.29, 1.82) is 0 Å². The Bertz CT molecular complexity index is 441. The Kier molecular flexibility index (Phi) is 4.43. The van der Waals surface area contributed by atoms with Crippen molar-refractivity contribution in [2.45, 2.75) is 31.3 Å². The van der Waals surface area contributed by atoms with Crippen molar-refractivity contribution < 1.29 is 13.2 Å². The van der Waals surface area contributed by atoms with Crippen LogP contribution in [0.5, 0.6) is 0 Å². The van der Waals surface area contributed by atoms with Crippen LogP contribution in [0.15, 0.2) is 18.2 Å². The monoisotopic (exact) mass is 335 g/mol. The Labute approximate surface area is 119 Å². The highest BCUT2D eigenvalue weighted by molar-refractivity contribution is 9.08. The number of alkyl halides is 4. The maximum absolute atomic E-state index is 13.2. The molecule has 2 rings (SSSR count). The second kappa shape index (κ2) is 5.73. The fourth-order valence-electron chi connectivity index (χ4n) is 2.18. The number of rotatable bonds is 5. The molecule has 1 aromatic carbocycles. The molecule has 1 aromatic rings. The summed E-state index contributed by atoms with van der Waals surface area (Å²) in [5.74, 6) is 0.567. The van der Waals surface area contributed by atoms with Gasteiger partial charge in [-0.2, -0.15) is 13.2 Å². The van der Waals surface area contributed by atoms with E-state index < -0.39 is 11.7 Å². The minimum Gasteiger partial charge on any atom is -0.371 e. The van der Waals surface area contributed by atoms with Gasteiger partial charge in [-0.25, -0.2) is 0 Å². The highest BCUT2D eigenvalue weighted by Crippen LogP contribution is 2.39. The van der Waals surface area contributed by atoms with E-state index in [4.69, 9.17) is 0 Å².